The third-order valence-corrected chi connectivity index (χ3v) is 1.21. The summed E-state index contributed by atoms with van der Waals surface area (Å²) in [6.45, 7) is 1.99. The Morgan fingerprint density at radius 2 is 2.50 bits per heavy atom. The Hall–Kier alpha value is -0.440. The van der Waals surface area contributed by atoms with Crippen molar-refractivity contribution in [3.63, 3.8) is 0 Å². The van der Waals surface area contributed by atoms with Gasteiger partial charge in [-0.3, -0.25) is 0 Å². The molecule has 0 saturated carbocycles. The van der Waals surface area contributed by atoms with Crippen LogP contribution in [0, 0.1) is 12.3 Å². The lowest BCUT2D eigenvalue weighted by Gasteiger charge is -2.03. The van der Waals surface area contributed by atoms with Crippen molar-refractivity contribution in [3.05, 3.63) is 0 Å². The van der Waals surface area contributed by atoms with Gasteiger partial charge in [-0.25, -0.2) is 4.79 Å². The number of hydrogen-bond acceptors (Lipinski definition) is 3. The Bertz CT molecular complexity index is 150. The molecule has 0 saturated heterocycles. The SMILES string of the molecule is C#CC(I)OC(=O)OCC. The highest BCUT2D eigenvalue weighted by atomic mass is 127. The van der Waals surface area contributed by atoms with Gasteiger partial charge in [0.2, 0.25) is 4.11 Å². The predicted octanol–water partition coefficient (Wildman–Crippen LogP) is 1.55. The zero-order valence-electron chi connectivity index (χ0n) is 5.46. The van der Waals surface area contributed by atoms with E-state index in [-0.39, 0.29) is 0 Å². The molecule has 0 bridgehead atoms. The molecule has 1 atom stereocenters. The highest BCUT2D eigenvalue weighted by Crippen LogP contribution is 2.01. The molecule has 0 aromatic heterocycles. The zero-order valence-corrected chi connectivity index (χ0v) is 7.62. The number of terminal acetylenes is 1. The molecule has 3 nitrogen and oxygen atoms in total. The van der Waals surface area contributed by atoms with Gasteiger partial charge in [0.1, 0.15) is 0 Å². The normalized spacial score (nSPS) is 11.3. The van der Waals surface area contributed by atoms with E-state index in [2.05, 4.69) is 15.4 Å². The molecule has 4 heteroatoms. The van der Waals surface area contributed by atoms with E-state index < -0.39 is 10.3 Å². The minimum absolute atomic E-state index is 0.298. The van der Waals surface area contributed by atoms with Crippen LogP contribution in [0.15, 0.2) is 0 Å². The molecule has 1 unspecified atom stereocenters. The van der Waals surface area contributed by atoms with E-state index in [4.69, 9.17) is 6.42 Å². The van der Waals surface area contributed by atoms with Gasteiger partial charge in [0.05, 0.1) is 6.61 Å². The van der Waals surface area contributed by atoms with Crippen molar-refractivity contribution >= 4 is 28.7 Å². The second-order valence-electron chi connectivity index (χ2n) is 1.28. The van der Waals surface area contributed by atoms with Crippen molar-refractivity contribution in [2.24, 2.45) is 0 Å². The van der Waals surface area contributed by atoms with Crippen LogP contribution in [0.1, 0.15) is 6.92 Å². The summed E-state index contributed by atoms with van der Waals surface area (Å²) in [6.07, 6.45) is 4.20. The van der Waals surface area contributed by atoms with E-state index in [1.165, 1.54) is 0 Å². The van der Waals surface area contributed by atoms with Crippen LogP contribution < -0.4 is 0 Å². The number of halogens is 1. The maximum Gasteiger partial charge on any atom is 0.510 e. The van der Waals surface area contributed by atoms with E-state index in [9.17, 15) is 4.79 Å². The molecule has 0 aromatic rings. The molecule has 0 amide bonds. The molecule has 0 aromatic carbocycles. The summed E-state index contributed by atoms with van der Waals surface area (Å²) in [7, 11) is 0. The first-order valence-corrected chi connectivity index (χ1v) is 3.89. The van der Waals surface area contributed by atoms with Crippen molar-refractivity contribution in [2.75, 3.05) is 6.61 Å². The van der Waals surface area contributed by atoms with Crippen molar-refractivity contribution in [2.45, 2.75) is 11.0 Å². The van der Waals surface area contributed by atoms with E-state index in [0.29, 0.717) is 6.61 Å². The molecule has 0 N–H and O–H groups in total. The Balaban J connectivity index is 3.49. The quantitative estimate of drug-likeness (QED) is 0.324. The summed E-state index contributed by atoms with van der Waals surface area (Å²) in [4.78, 5) is 10.5. The predicted molar refractivity (Wildman–Crippen MR) is 44.7 cm³/mol. The summed E-state index contributed by atoms with van der Waals surface area (Å²) in [5.74, 6) is 2.22. The monoisotopic (exact) mass is 254 g/mol. The Morgan fingerprint density at radius 1 is 1.90 bits per heavy atom. The van der Waals surface area contributed by atoms with Gasteiger partial charge in [0.25, 0.3) is 0 Å². The van der Waals surface area contributed by atoms with E-state index in [0.717, 1.165) is 0 Å². The van der Waals surface area contributed by atoms with Crippen molar-refractivity contribution in [1.29, 1.82) is 0 Å². The number of ether oxygens (including phenoxy) is 2. The van der Waals surface area contributed by atoms with Gasteiger partial charge >= 0.3 is 6.16 Å². The Morgan fingerprint density at radius 3 is 2.90 bits per heavy atom. The molecular weight excluding hydrogens is 247 g/mol. The highest BCUT2D eigenvalue weighted by molar-refractivity contribution is 14.1. The van der Waals surface area contributed by atoms with Crippen LogP contribution in [0.4, 0.5) is 4.79 Å². The lowest BCUT2D eigenvalue weighted by molar-refractivity contribution is 0.0651. The standard InChI is InChI=1S/C6H7IO3/c1-3-5(7)10-6(8)9-4-2/h1,5H,4H2,2H3. The number of carbonyl (C=O) groups excluding carboxylic acids is 1. The summed E-state index contributed by atoms with van der Waals surface area (Å²) in [6, 6.07) is 0. The van der Waals surface area contributed by atoms with Gasteiger partial charge in [0, 0.05) is 0 Å². The largest absolute Gasteiger partial charge is 0.510 e. The number of rotatable bonds is 2. The maximum absolute atomic E-state index is 10.5. The molecule has 0 spiro atoms. The van der Waals surface area contributed by atoms with Crippen LogP contribution in [0.3, 0.4) is 0 Å². The van der Waals surface area contributed by atoms with Crippen molar-refractivity contribution in [1.82, 2.24) is 0 Å². The lowest BCUT2D eigenvalue weighted by Crippen LogP contribution is -2.11. The molecule has 10 heavy (non-hydrogen) atoms. The minimum Gasteiger partial charge on any atom is -0.435 e. The summed E-state index contributed by atoms with van der Waals surface area (Å²) < 4.78 is 8.44. The molecular formula is C6H7IO3. The van der Waals surface area contributed by atoms with E-state index >= 15 is 0 Å². The third-order valence-electron chi connectivity index (χ3n) is 0.593. The van der Waals surface area contributed by atoms with Crippen molar-refractivity contribution < 1.29 is 14.3 Å². The summed E-state index contributed by atoms with van der Waals surface area (Å²) in [5, 5.41) is 0. The topological polar surface area (TPSA) is 35.5 Å². The minimum atomic E-state index is -0.722. The fraction of sp³-hybridized carbons (Fsp3) is 0.500. The van der Waals surface area contributed by atoms with Crippen LogP contribution in [-0.4, -0.2) is 16.9 Å². The molecule has 0 aliphatic heterocycles. The molecule has 0 aliphatic rings. The first-order chi connectivity index (χ1) is 4.70. The molecule has 0 heterocycles. The molecule has 56 valence electrons. The zero-order chi connectivity index (χ0) is 7.98. The average Bonchev–Trinajstić information content (AvgIpc) is 1.88. The molecule has 0 aliphatic carbocycles. The first kappa shape index (κ1) is 9.56. The van der Waals surface area contributed by atoms with Gasteiger partial charge in [0.15, 0.2) is 0 Å². The smallest absolute Gasteiger partial charge is 0.435 e. The summed E-state index contributed by atoms with van der Waals surface area (Å²) >= 11 is 1.80. The average molecular weight is 254 g/mol. The fourth-order valence-corrected chi connectivity index (χ4v) is 0.478. The van der Waals surface area contributed by atoms with Gasteiger partial charge < -0.3 is 9.47 Å². The van der Waals surface area contributed by atoms with Crippen LogP contribution in [0.2, 0.25) is 0 Å². The van der Waals surface area contributed by atoms with Crippen LogP contribution >= 0.6 is 22.6 Å². The van der Waals surface area contributed by atoms with Gasteiger partial charge in [-0.05, 0) is 29.5 Å². The summed E-state index contributed by atoms with van der Waals surface area (Å²) in [5.41, 5.74) is 0. The highest BCUT2D eigenvalue weighted by Gasteiger charge is 2.06. The molecule has 0 rings (SSSR count). The maximum atomic E-state index is 10.5. The third kappa shape index (κ3) is 4.44. The number of carbonyl (C=O) groups is 1. The number of hydrogen-bond donors (Lipinski definition) is 0. The van der Waals surface area contributed by atoms with Crippen molar-refractivity contribution in [3.8, 4) is 12.3 Å². The van der Waals surface area contributed by atoms with Crippen LogP contribution in [0.25, 0.3) is 0 Å². The molecule has 0 radical (unpaired) electrons. The van der Waals surface area contributed by atoms with E-state index in [1.807, 2.05) is 0 Å². The Labute approximate surface area is 73.2 Å². The van der Waals surface area contributed by atoms with Gasteiger partial charge in [-0.15, -0.1) is 6.42 Å². The van der Waals surface area contributed by atoms with Crippen LogP contribution in [-0.2, 0) is 9.47 Å². The lowest BCUT2D eigenvalue weighted by atomic mass is 10.8. The van der Waals surface area contributed by atoms with E-state index in [1.54, 1.807) is 29.5 Å². The molecule has 0 fully saturated rings. The second-order valence-corrected chi connectivity index (χ2v) is 2.41. The Kier molecular flexibility index (Phi) is 5.12. The second kappa shape index (κ2) is 5.35. The van der Waals surface area contributed by atoms with Gasteiger partial charge in [-0.2, -0.15) is 0 Å². The van der Waals surface area contributed by atoms with Crippen LogP contribution in [0.5, 0.6) is 0 Å². The fourth-order valence-electron chi connectivity index (χ4n) is 0.270. The number of alkyl halides is 1. The first-order valence-electron chi connectivity index (χ1n) is 2.64. The van der Waals surface area contributed by atoms with Gasteiger partial charge in [-0.1, -0.05) is 5.92 Å².